The smallest absolute Gasteiger partial charge is 0.139 e. The van der Waals surface area contributed by atoms with E-state index in [2.05, 4.69) is 5.73 Å². The number of ketones is 2. The molecule has 5 atom stereocenters. The van der Waals surface area contributed by atoms with E-state index in [1.165, 1.54) is 39.2 Å². The van der Waals surface area contributed by atoms with Crippen LogP contribution < -0.4 is 5.73 Å². The first-order chi connectivity index (χ1) is 10.0. The lowest BCUT2D eigenvalue weighted by Gasteiger charge is -2.39. The number of hydrogen-bond acceptors (Lipinski definition) is 3. The van der Waals surface area contributed by atoms with Crippen LogP contribution in [0.3, 0.4) is 0 Å². The molecule has 3 nitrogen and oxygen atoms in total. The highest BCUT2D eigenvalue weighted by Gasteiger charge is 2.37. The van der Waals surface area contributed by atoms with Gasteiger partial charge in [-0.3, -0.25) is 9.59 Å². The first kappa shape index (κ1) is 18.3. The van der Waals surface area contributed by atoms with Crippen LogP contribution in [-0.4, -0.2) is 18.6 Å². The summed E-state index contributed by atoms with van der Waals surface area (Å²) in [6, 6.07) is 0. The summed E-state index contributed by atoms with van der Waals surface area (Å²) < 4.78 is 0. The third kappa shape index (κ3) is 4.64. The van der Waals surface area contributed by atoms with Crippen molar-refractivity contribution in [2.45, 2.75) is 65.7 Å². The van der Waals surface area contributed by atoms with E-state index in [1.54, 1.807) is 6.92 Å². The summed E-state index contributed by atoms with van der Waals surface area (Å²) in [6.45, 7) is 5.45. The summed E-state index contributed by atoms with van der Waals surface area (Å²) in [5.41, 5.74) is 4.50. The molecule has 0 radical (unpaired) electrons. The van der Waals surface area contributed by atoms with E-state index in [0.717, 1.165) is 24.7 Å². The molecule has 0 amide bonds. The molecule has 2 fully saturated rings. The zero-order chi connectivity index (χ0) is 16.0. The number of hydrogen-bond donors (Lipinski definition) is 1. The summed E-state index contributed by atoms with van der Waals surface area (Å²) in [7, 11) is 1.50. The van der Waals surface area contributed by atoms with Gasteiger partial charge in [-0.1, -0.05) is 39.5 Å². The topological polar surface area (TPSA) is 60.2 Å². The van der Waals surface area contributed by atoms with Crippen molar-refractivity contribution in [3.63, 3.8) is 0 Å². The Labute approximate surface area is 130 Å². The van der Waals surface area contributed by atoms with E-state index in [9.17, 15) is 9.59 Å². The van der Waals surface area contributed by atoms with Gasteiger partial charge in [0.05, 0.1) is 0 Å². The molecule has 2 aliphatic carbocycles. The summed E-state index contributed by atoms with van der Waals surface area (Å²) in [4.78, 5) is 24.0. The van der Waals surface area contributed by atoms with Gasteiger partial charge >= 0.3 is 0 Å². The second-order valence-corrected chi connectivity index (χ2v) is 6.90. The Morgan fingerprint density at radius 3 is 2.05 bits per heavy atom. The van der Waals surface area contributed by atoms with Gasteiger partial charge in [-0.2, -0.15) is 0 Å². The summed E-state index contributed by atoms with van der Waals surface area (Å²) in [5, 5.41) is 0. The van der Waals surface area contributed by atoms with Crippen molar-refractivity contribution in [2.24, 2.45) is 35.3 Å². The van der Waals surface area contributed by atoms with Gasteiger partial charge in [0.25, 0.3) is 0 Å². The molecule has 2 saturated carbocycles. The Balaban J connectivity index is 0.00000106. The highest BCUT2D eigenvalue weighted by molar-refractivity contribution is 5.89. The molecule has 0 heterocycles. The molecule has 2 aliphatic rings. The molecular weight excluding hydrogens is 262 g/mol. The SMILES string of the molecule is CC(=O)C(C)C(C)C(=O)C1CCC2CCCCC2C1.CN. The van der Waals surface area contributed by atoms with E-state index in [-0.39, 0.29) is 23.5 Å². The van der Waals surface area contributed by atoms with Crippen molar-refractivity contribution in [3.8, 4) is 0 Å². The van der Waals surface area contributed by atoms with Gasteiger partial charge < -0.3 is 5.73 Å². The standard InChI is InChI=1S/C17H28O2.CH5N/c1-11(13(3)18)12(2)17(19)16-9-8-14-6-4-5-7-15(14)10-16;1-2/h11-12,14-16H,4-10H2,1-3H3;2H2,1H3. The molecule has 0 aliphatic heterocycles. The van der Waals surface area contributed by atoms with Crippen LogP contribution in [-0.2, 0) is 9.59 Å². The molecule has 3 heteroatoms. The second kappa shape index (κ2) is 8.67. The first-order valence-electron chi connectivity index (χ1n) is 8.62. The molecule has 2 N–H and O–H groups in total. The van der Waals surface area contributed by atoms with Crippen LogP contribution in [0.15, 0.2) is 0 Å². The molecule has 5 unspecified atom stereocenters. The van der Waals surface area contributed by atoms with Crippen molar-refractivity contribution < 1.29 is 9.59 Å². The normalized spacial score (nSPS) is 31.2. The minimum Gasteiger partial charge on any atom is -0.333 e. The lowest BCUT2D eigenvalue weighted by atomic mass is 9.65. The zero-order valence-corrected chi connectivity index (χ0v) is 14.2. The monoisotopic (exact) mass is 295 g/mol. The fourth-order valence-electron chi connectivity index (χ4n) is 4.10. The lowest BCUT2D eigenvalue weighted by Crippen LogP contribution is -2.35. The van der Waals surface area contributed by atoms with E-state index >= 15 is 0 Å². The number of Topliss-reactive ketones (excluding diaryl/α,β-unsaturated/α-hetero) is 2. The molecule has 0 spiro atoms. The van der Waals surface area contributed by atoms with Crippen LogP contribution in [0.5, 0.6) is 0 Å². The third-order valence-electron chi connectivity index (χ3n) is 5.78. The molecule has 0 aromatic rings. The predicted molar refractivity (Wildman–Crippen MR) is 86.9 cm³/mol. The summed E-state index contributed by atoms with van der Waals surface area (Å²) >= 11 is 0. The minimum absolute atomic E-state index is 0.0948. The Hall–Kier alpha value is -0.700. The van der Waals surface area contributed by atoms with Crippen molar-refractivity contribution in [1.82, 2.24) is 0 Å². The van der Waals surface area contributed by atoms with Crippen LogP contribution in [0.4, 0.5) is 0 Å². The van der Waals surface area contributed by atoms with Gasteiger partial charge in [0.15, 0.2) is 0 Å². The van der Waals surface area contributed by atoms with Gasteiger partial charge in [-0.15, -0.1) is 0 Å². The Kier molecular flexibility index (Phi) is 7.58. The summed E-state index contributed by atoms with van der Waals surface area (Å²) in [6.07, 6.45) is 8.84. The maximum Gasteiger partial charge on any atom is 0.139 e. The minimum atomic E-state index is -0.114. The molecule has 2 rings (SSSR count). The van der Waals surface area contributed by atoms with Crippen molar-refractivity contribution in [1.29, 1.82) is 0 Å². The number of carbonyl (C=O) groups excluding carboxylic acids is 2. The highest BCUT2D eigenvalue weighted by atomic mass is 16.1. The number of rotatable bonds is 4. The van der Waals surface area contributed by atoms with E-state index in [1.807, 2.05) is 13.8 Å². The number of nitrogens with two attached hydrogens (primary N) is 1. The average Bonchev–Trinajstić information content (AvgIpc) is 2.54. The highest BCUT2D eigenvalue weighted by Crippen LogP contribution is 2.43. The molecular formula is C18H33NO2. The number of fused-ring (bicyclic) bond motifs is 1. The fraction of sp³-hybridized carbons (Fsp3) is 0.889. The van der Waals surface area contributed by atoms with Crippen LogP contribution in [0, 0.1) is 29.6 Å². The zero-order valence-electron chi connectivity index (χ0n) is 14.2. The largest absolute Gasteiger partial charge is 0.333 e. The van der Waals surface area contributed by atoms with Crippen molar-refractivity contribution in [2.75, 3.05) is 7.05 Å². The van der Waals surface area contributed by atoms with Gasteiger partial charge in [-0.25, -0.2) is 0 Å². The van der Waals surface area contributed by atoms with Crippen LogP contribution in [0.2, 0.25) is 0 Å². The molecule has 21 heavy (non-hydrogen) atoms. The maximum absolute atomic E-state index is 12.6. The molecule has 0 aromatic heterocycles. The molecule has 0 saturated heterocycles. The lowest BCUT2D eigenvalue weighted by molar-refractivity contribution is -0.134. The van der Waals surface area contributed by atoms with E-state index in [0.29, 0.717) is 5.78 Å². The van der Waals surface area contributed by atoms with Crippen LogP contribution in [0.1, 0.15) is 65.7 Å². The average molecular weight is 295 g/mol. The quantitative estimate of drug-likeness (QED) is 0.862. The van der Waals surface area contributed by atoms with Crippen LogP contribution >= 0.6 is 0 Å². The predicted octanol–water partition coefficient (Wildman–Crippen LogP) is 3.60. The van der Waals surface area contributed by atoms with Gasteiger partial charge in [0, 0.05) is 17.8 Å². The van der Waals surface area contributed by atoms with E-state index in [4.69, 9.17) is 0 Å². The third-order valence-corrected chi connectivity index (χ3v) is 5.78. The van der Waals surface area contributed by atoms with Gasteiger partial charge in [0.2, 0.25) is 0 Å². The molecule has 0 bridgehead atoms. The van der Waals surface area contributed by atoms with Crippen molar-refractivity contribution >= 4 is 11.6 Å². The van der Waals surface area contributed by atoms with Crippen molar-refractivity contribution in [3.05, 3.63) is 0 Å². The Morgan fingerprint density at radius 1 is 0.905 bits per heavy atom. The molecule has 122 valence electrons. The fourth-order valence-corrected chi connectivity index (χ4v) is 4.10. The maximum atomic E-state index is 12.6. The van der Waals surface area contributed by atoms with E-state index < -0.39 is 0 Å². The van der Waals surface area contributed by atoms with Crippen LogP contribution in [0.25, 0.3) is 0 Å². The first-order valence-corrected chi connectivity index (χ1v) is 8.62. The Bertz CT molecular complexity index is 353. The summed E-state index contributed by atoms with van der Waals surface area (Å²) in [5.74, 6) is 2.20. The van der Waals surface area contributed by atoms with Gasteiger partial charge in [0.1, 0.15) is 11.6 Å². The number of carbonyl (C=O) groups is 2. The van der Waals surface area contributed by atoms with Gasteiger partial charge in [-0.05, 0) is 45.1 Å². The molecule has 0 aromatic carbocycles. The second-order valence-electron chi connectivity index (χ2n) is 6.90. The Morgan fingerprint density at radius 2 is 1.48 bits per heavy atom.